The number of fused-ring (bicyclic) bond motifs is 1. The van der Waals surface area contributed by atoms with E-state index in [1.165, 1.54) is 6.07 Å². The van der Waals surface area contributed by atoms with E-state index in [2.05, 4.69) is 5.10 Å². The molecule has 3 rings (SSSR count). The van der Waals surface area contributed by atoms with E-state index >= 15 is 0 Å². The average Bonchev–Trinajstić information content (AvgIpc) is 2.78. The standard InChI is InChI=1S/C14H16FN3/c15-11-6-2-1-5-10(11)14-12(9-16)17-18-8-4-3-7-13(14)18/h1-2,5-6H,3-4,7-9,16H2. The van der Waals surface area contributed by atoms with Crippen LogP contribution < -0.4 is 5.73 Å². The summed E-state index contributed by atoms with van der Waals surface area (Å²) in [7, 11) is 0. The number of hydrogen-bond donors (Lipinski definition) is 1. The largest absolute Gasteiger partial charge is 0.325 e. The quantitative estimate of drug-likeness (QED) is 0.883. The molecule has 0 bridgehead atoms. The van der Waals surface area contributed by atoms with E-state index in [9.17, 15) is 4.39 Å². The summed E-state index contributed by atoms with van der Waals surface area (Å²) in [6.45, 7) is 1.26. The summed E-state index contributed by atoms with van der Waals surface area (Å²) >= 11 is 0. The second-order valence-corrected chi connectivity index (χ2v) is 4.63. The van der Waals surface area contributed by atoms with Gasteiger partial charge in [0.2, 0.25) is 0 Å². The average molecular weight is 245 g/mol. The lowest BCUT2D eigenvalue weighted by atomic mass is 9.98. The van der Waals surface area contributed by atoms with Gasteiger partial charge in [0, 0.05) is 29.9 Å². The van der Waals surface area contributed by atoms with Crippen molar-refractivity contribution in [2.75, 3.05) is 0 Å². The summed E-state index contributed by atoms with van der Waals surface area (Å²) in [5, 5.41) is 4.51. The molecule has 2 heterocycles. The molecule has 0 unspecified atom stereocenters. The molecule has 0 radical (unpaired) electrons. The van der Waals surface area contributed by atoms with Crippen molar-refractivity contribution in [1.29, 1.82) is 0 Å². The molecule has 0 aliphatic carbocycles. The third kappa shape index (κ3) is 1.73. The predicted octanol–water partition coefficient (Wildman–Crippen LogP) is 2.48. The summed E-state index contributed by atoms with van der Waals surface area (Å²) in [5.41, 5.74) is 9.22. The van der Waals surface area contributed by atoms with Crippen LogP contribution in [0.4, 0.5) is 4.39 Å². The summed E-state index contributed by atoms with van der Waals surface area (Å²) in [6.07, 6.45) is 3.23. The zero-order chi connectivity index (χ0) is 12.5. The van der Waals surface area contributed by atoms with Crippen LogP contribution in [0.2, 0.25) is 0 Å². The minimum Gasteiger partial charge on any atom is -0.325 e. The molecule has 2 N–H and O–H groups in total. The van der Waals surface area contributed by atoms with Gasteiger partial charge in [-0.15, -0.1) is 0 Å². The Labute approximate surface area is 105 Å². The highest BCUT2D eigenvalue weighted by atomic mass is 19.1. The van der Waals surface area contributed by atoms with E-state index in [1.807, 2.05) is 10.7 Å². The van der Waals surface area contributed by atoms with Crippen LogP contribution in [-0.4, -0.2) is 9.78 Å². The number of nitrogens with zero attached hydrogens (tertiary/aromatic N) is 2. The third-order valence-electron chi connectivity index (χ3n) is 3.50. The Bertz CT molecular complexity index is 574. The Morgan fingerprint density at radius 2 is 2.11 bits per heavy atom. The smallest absolute Gasteiger partial charge is 0.131 e. The van der Waals surface area contributed by atoms with E-state index in [0.29, 0.717) is 12.1 Å². The minimum atomic E-state index is -0.200. The molecule has 0 amide bonds. The fraction of sp³-hybridized carbons (Fsp3) is 0.357. The Morgan fingerprint density at radius 3 is 2.89 bits per heavy atom. The first-order chi connectivity index (χ1) is 8.81. The topological polar surface area (TPSA) is 43.8 Å². The third-order valence-corrected chi connectivity index (χ3v) is 3.50. The summed E-state index contributed by atoms with van der Waals surface area (Å²) in [5.74, 6) is -0.200. The van der Waals surface area contributed by atoms with Crippen molar-refractivity contribution in [2.45, 2.75) is 32.4 Å². The first-order valence-electron chi connectivity index (χ1n) is 6.35. The van der Waals surface area contributed by atoms with Crippen LogP contribution in [0.15, 0.2) is 24.3 Å². The molecule has 0 spiro atoms. The van der Waals surface area contributed by atoms with Crippen LogP contribution in [0.5, 0.6) is 0 Å². The lowest BCUT2D eigenvalue weighted by Crippen LogP contribution is -2.11. The molecular weight excluding hydrogens is 229 g/mol. The zero-order valence-corrected chi connectivity index (χ0v) is 10.2. The molecule has 4 heteroatoms. The van der Waals surface area contributed by atoms with Crippen LogP contribution >= 0.6 is 0 Å². The fourth-order valence-electron chi connectivity index (χ4n) is 2.66. The first kappa shape index (κ1) is 11.4. The van der Waals surface area contributed by atoms with Gasteiger partial charge < -0.3 is 5.73 Å². The second kappa shape index (κ2) is 4.53. The molecule has 0 atom stereocenters. The van der Waals surface area contributed by atoms with Crippen molar-refractivity contribution in [3.63, 3.8) is 0 Å². The molecule has 3 nitrogen and oxygen atoms in total. The normalized spacial score (nSPS) is 14.6. The second-order valence-electron chi connectivity index (χ2n) is 4.63. The zero-order valence-electron chi connectivity index (χ0n) is 10.2. The Kier molecular flexibility index (Phi) is 2.88. The van der Waals surface area contributed by atoms with Crippen LogP contribution in [0, 0.1) is 5.82 Å². The SMILES string of the molecule is NCc1nn2c(c1-c1ccccc1F)CCCC2. The fourth-order valence-corrected chi connectivity index (χ4v) is 2.66. The lowest BCUT2D eigenvalue weighted by molar-refractivity contribution is 0.484. The van der Waals surface area contributed by atoms with Gasteiger partial charge in [0.05, 0.1) is 5.69 Å². The van der Waals surface area contributed by atoms with E-state index in [0.717, 1.165) is 42.8 Å². The van der Waals surface area contributed by atoms with E-state index < -0.39 is 0 Å². The Hall–Kier alpha value is -1.68. The van der Waals surface area contributed by atoms with Crippen molar-refractivity contribution in [3.05, 3.63) is 41.5 Å². The van der Waals surface area contributed by atoms with Gasteiger partial charge in [-0.2, -0.15) is 5.10 Å². The van der Waals surface area contributed by atoms with Gasteiger partial charge in [0.1, 0.15) is 5.82 Å². The highest BCUT2D eigenvalue weighted by Gasteiger charge is 2.22. The lowest BCUT2D eigenvalue weighted by Gasteiger charge is -2.15. The molecule has 94 valence electrons. The van der Waals surface area contributed by atoms with E-state index in [-0.39, 0.29) is 5.82 Å². The van der Waals surface area contributed by atoms with E-state index in [4.69, 9.17) is 5.73 Å². The van der Waals surface area contributed by atoms with Crippen molar-refractivity contribution in [2.24, 2.45) is 5.73 Å². The number of aryl methyl sites for hydroxylation is 1. The van der Waals surface area contributed by atoms with Crippen molar-refractivity contribution in [3.8, 4) is 11.1 Å². The van der Waals surface area contributed by atoms with Crippen LogP contribution in [-0.2, 0) is 19.5 Å². The molecule has 1 aliphatic heterocycles. The number of rotatable bonds is 2. The van der Waals surface area contributed by atoms with Crippen molar-refractivity contribution < 1.29 is 4.39 Å². The van der Waals surface area contributed by atoms with Gasteiger partial charge in [-0.1, -0.05) is 18.2 Å². The van der Waals surface area contributed by atoms with E-state index in [1.54, 1.807) is 12.1 Å². The van der Waals surface area contributed by atoms with Gasteiger partial charge in [-0.3, -0.25) is 4.68 Å². The van der Waals surface area contributed by atoms with Gasteiger partial charge in [-0.25, -0.2) is 4.39 Å². The molecule has 0 fully saturated rings. The molecule has 1 aromatic carbocycles. The number of halogens is 1. The minimum absolute atomic E-state index is 0.200. The van der Waals surface area contributed by atoms with Gasteiger partial charge >= 0.3 is 0 Å². The molecule has 0 saturated carbocycles. The molecule has 1 aromatic heterocycles. The maximum atomic E-state index is 14.0. The van der Waals surface area contributed by atoms with Crippen LogP contribution in [0.25, 0.3) is 11.1 Å². The number of hydrogen-bond acceptors (Lipinski definition) is 2. The van der Waals surface area contributed by atoms with Crippen molar-refractivity contribution >= 4 is 0 Å². The summed E-state index contributed by atoms with van der Waals surface area (Å²) < 4.78 is 16.0. The molecular formula is C14H16FN3. The van der Waals surface area contributed by atoms with Gasteiger partial charge in [-0.05, 0) is 25.3 Å². The molecule has 0 saturated heterocycles. The number of benzene rings is 1. The highest BCUT2D eigenvalue weighted by molar-refractivity contribution is 5.69. The van der Waals surface area contributed by atoms with Crippen LogP contribution in [0.1, 0.15) is 24.2 Å². The van der Waals surface area contributed by atoms with Gasteiger partial charge in [0.15, 0.2) is 0 Å². The Morgan fingerprint density at radius 1 is 1.28 bits per heavy atom. The predicted molar refractivity (Wildman–Crippen MR) is 68.5 cm³/mol. The molecule has 2 aromatic rings. The number of aromatic nitrogens is 2. The summed E-state index contributed by atoms with van der Waals surface area (Å²) in [6, 6.07) is 6.85. The highest BCUT2D eigenvalue weighted by Crippen LogP contribution is 2.32. The molecule has 18 heavy (non-hydrogen) atoms. The van der Waals surface area contributed by atoms with Crippen molar-refractivity contribution in [1.82, 2.24) is 9.78 Å². The Balaban J connectivity index is 2.21. The number of nitrogens with two attached hydrogens (primary N) is 1. The van der Waals surface area contributed by atoms with Gasteiger partial charge in [0.25, 0.3) is 0 Å². The molecule has 1 aliphatic rings. The maximum absolute atomic E-state index is 14.0. The monoisotopic (exact) mass is 245 g/mol. The van der Waals surface area contributed by atoms with Crippen LogP contribution in [0.3, 0.4) is 0 Å². The first-order valence-corrected chi connectivity index (χ1v) is 6.35. The maximum Gasteiger partial charge on any atom is 0.131 e. The summed E-state index contributed by atoms with van der Waals surface area (Å²) in [4.78, 5) is 0.